The second kappa shape index (κ2) is 8.20. The lowest BCUT2D eigenvalue weighted by atomic mass is 10.2. The number of pyridine rings is 1. The molecule has 0 fully saturated rings. The van der Waals surface area contributed by atoms with Crippen LogP contribution in [-0.2, 0) is 6.42 Å². The lowest BCUT2D eigenvalue weighted by molar-refractivity contribution is 0.0789. The standard InChI is InChI=1S/C20H21N5O/c1-15-3-5-17(6-4-15)22-19-8-7-18(23-24-19)20(26)25(2)14-11-16-9-12-21-13-10-16/h3-10,12-13H,11,14H2,1-2H3,(H,22,24). The zero-order chi connectivity index (χ0) is 18.4. The van der Waals surface area contributed by atoms with Gasteiger partial charge in [-0.25, -0.2) is 0 Å². The maximum absolute atomic E-state index is 12.5. The molecule has 0 aliphatic carbocycles. The third-order valence-electron chi connectivity index (χ3n) is 4.04. The molecule has 0 saturated carbocycles. The minimum atomic E-state index is -0.145. The van der Waals surface area contributed by atoms with E-state index in [4.69, 9.17) is 0 Å². The summed E-state index contributed by atoms with van der Waals surface area (Å²) in [5.74, 6) is 0.457. The van der Waals surface area contributed by atoms with Crippen molar-refractivity contribution in [3.05, 3.63) is 77.7 Å². The maximum Gasteiger partial charge on any atom is 0.274 e. The van der Waals surface area contributed by atoms with Gasteiger partial charge in [0.25, 0.3) is 5.91 Å². The molecule has 1 N–H and O–H groups in total. The molecule has 6 heteroatoms. The molecule has 0 bridgehead atoms. The van der Waals surface area contributed by atoms with E-state index in [1.165, 1.54) is 5.56 Å². The van der Waals surface area contributed by atoms with E-state index in [0.717, 1.165) is 17.7 Å². The van der Waals surface area contributed by atoms with E-state index >= 15 is 0 Å². The summed E-state index contributed by atoms with van der Waals surface area (Å²) in [6.07, 6.45) is 4.27. The second-order valence-electron chi connectivity index (χ2n) is 6.13. The maximum atomic E-state index is 12.5. The summed E-state index contributed by atoms with van der Waals surface area (Å²) in [7, 11) is 1.77. The first-order valence-corrected chi connectivity index (χ1v) is 8.43. The van der Waals surface area contributed by atoms with Crippen LogP contribution in [0.2, 0.25) is 0 Å². The molecule has 1 amide bonds. The van der Waals surface area contributed by atoms with Gasteiger partial charge in [0.1, 0.15) is 0 Å². The molecule has 0 aliphatic heterocycles. The van der Waals surface area contributed by atoms with Gasteiger partial charge in [0.2, 0.25) is 0 Å². The van der Waals surface area contributed by atoms with E-state index in [1.807, 2.05) is 43.3 Å². The summed E-state index contributed by atoms with van der Waals surface area (Å²) in [5.41, 5.74) is 3.59. The Hall–Kier alpha value is -3.28. The van der Waals surface area contributed by atoms with Crippen molar-refractivity contribution in [2.24, 2.45) is 0 Å². The molecule has 2 aromatic heterocycles. The molecule has 0 unspecified atom stereocenters. The minimum Gasteiger partial charge on any atom is -0.340 e. The summed E-state index contributed by atoms with van der Waals surface area (Å²) in [6.45, 7) is 2.64. The van der Waals surface area contributed by atoms with Crippen molar-refractivity contribution < 1.29 is 4.79 Å². The average molecular weight is 347 g/mol. The Balaban J connectivity index is 1.58. The number of rotatable bonds is 6. The fourth-order valence-corrected chi connectivity index (χ4v) is 2.44. The van der Waals surface area contributed by atoms with Crippen LogP contribution >= 0.6 is 0 Å². The smallest absolute Gasteiger partial charge is 0.274 e. The predicted octanol–water partition coefficient (Wildman–Crippen LogP) is 3.24. The lowest BCUT2D eigenvalue weighted by Gasteiger charge is -2.16. The summed E-state index contributed by atoms with van der Waals surface area (Å²) < 4.78 is 0. The van der Waals surface area contributed by atoms with Gasteiger partial charge in [0, 0.05) is 31.7 Å². The Bertz CT molecular complexity index is 848. The van der Waals surface area contributed by atoms with Crippen molar-refractivity contribution >= 4 is 17.4 Å². The first-order valence-electron chi connectivity index (χ1n) is 8.43. The molecule has 0 aliphatic rings. The van der Waals surface area contributed by atoms with Gasteiger partial charge in [0.05, 0.1) is 0 Å². The lowest BCUT2D eigenvalue weighted by Crippen LogP contribution is -2.29. The van der Waals surface area contributed by atoms with Crippen molar-refractivity contribution in [2.75, 3.05) is 18.9 Å². The van der Waals surface area contributed by atoms with E-state index in [0.29, 0.717) is 18.1 Å². The SMILES string of the molecule is Cc1ccc(Nc2ccc(C(=O)N(C)CCc3ccncc3)nn2)cc1. The van der Waals surface area contributed by atoms with Crippen molar-refractivity contribution in [1.29, 1.82) is 0 Å². The van der Waals surface area contributed by atoms with Crippen LogP contribution in [0, 0.1) is 6.92 Å². The molecule has 3 aromatic rings. The molecule has 2 heterocycles. The highest BCUT2D eigenvalue weighted by molar-refractivity contribution is 5.92. The zero-order valence-electron chi connectivity index (χ0n) is 14.9. The highest BCUT2D eigenvalue weighted by Gasteiger charge is 2.13. The number of aryl methyl sites for hydroxylation is 1. The van der Waals surface area contributed by atoms with Crippen LogP contribution in [0.3, 0.4) is 0 Å². The van der Waals surface area contributed by atoms with Gasteiger partial charge >= 0.3 is 0 Å². The number of nitrogens with zero attached hydrogens (tertiary/aromatic N) is 4. The Labute approximate surface area is 152 Å². The average Bonchev–Trinajstić information content (AvgIpc) is 2.69. The van der Waals surface area contributed by atoms with Gasteiger partial charge in [-0.2, -0.15) is 0 Å². The zero-order valence-corrected chi connectivity index (χ0v) is 14.9. The molecule has 0 saturated heterocycles. The number of carbonyl (C=O) groups is 1. The fourth-order valence-electron chi connectivity index (χ4n) is 2.44. The van der Waals surface area contributed by atoms with Gasteiger partial charge in [-0.05, 0) is 55.3 Å². The quantitative estimate of drug-likeness (QED) is 0.741. The number of benzene rings is 1. The van der Waals surface area contributed by atoms with Crippen LogP contribution in [0.15, 0.2) is 60.9 Å². The Kier molecular flexibility index (Phi) is 5.53. The van der Waals surface area contributed by atoms with Crippen LogP contribution in [0.25, 0.3) is 0 Å². The normalized spacial score (nSPS) is 10.4. The number of amides is 1. The molecule has 0 spiro atoms. The van der Waals surface area contributed by atoms with Crippen LogP contribution < -0.4 is 5.32 Å². The molecule has 132 valence electrons. The number of nitrogens with one attached hydrogen (secondary N) is 1. The van der Waals surface area contributed by atoms with Gasteiger partial charge in [-0.1, -0.05) is 17.7 Å². The van der Waals surface area contributed by atoms with E-state index in [-0.39, 0.29) is 5.91 Å². The summed E-state index contributed by atoms with van der Waals surface area (Å²) >= 11 is 0. The predicted molar refractivity (Wildman–Crippen MR) is 101 cm³/mol. The van der Waals surface area contributed by atoms with Crippen LogP contribution in [0.4, 0.5) is 11.5 Å². The first-order chi connectivity index (χ1) is 12.6. The van der Waals surface area contributed by atoms with Gasteiger partial charge in [-0.15, -0.1) is 10.2 Å². The topological polar surface area (TPSA) is 71.0 Å². The highest BCUT2D eigenvalue weighted by atomic mass is 16.2. The second-order valence-corrected chi connectivity index (χ2v) is 6.13. The Morgan fingerprint density at radius 2 is 1.73 bits per heavy atom. The third-order valence-corrected chi connectivity index (χ3v) is 4.04. The van der Waals surface area contributed by atoms with Crippen LogP contribution in [0.5, 0.6) is 0 Å². The number of carbonyl (C=O) groups excluding carboxylic acids is 1. The molecule has 1 aromatic carbocycles. The minimum absolute atomic E-state index is 0.145. The van der Waals surface area contributed by atoms with Crippen molar-refractivity contribution in [1.82, 2.24) is 20.1 Å². The Morgan fingerprint density at radius 3 is 2.38 bits per heavy atom. The molecule has 0 atom stereocenters. The van der Waals surface area contributed by atoms with E-state index < -0.39 is 0 Å². The third kappa shape index (κ3) is 4.63. The summed E-state index contributed by atoms with van der Waals surface area (Å²) in [4.78, 5) is 18.1. The highest BCUT2D eigenvalue weighted by Crippen LogP contribution is 2.14. The molecule has 3 rings (SSSR count). The van der Waals surface area contributed by atoms with Crippen molar-refractivity contribution in [3.8, 4) is 0 Å². The monoisotopic (exact) mass is 347 g/mol. The largest absolute Gasteiger partial charge is 0.340 e. The molecular formula is C20H21N5O. The van der Waals surface area contributed by atoms with E-state index in [9.17, 15) is 4.79 Å². The molecular weight excluding hydrogens is 326 g/mol. The van der Waals surface area contributed by atoms with Gasteiger partial charge in [-0.3, -0.25) is 9.78 Å². The van der Waals surface area contributed by atoms with Crippen LogP contribution in [-0.4, -0.2) is 39.6 Å². The van der Waals surface area contributed by atoms with E-state index in [2.05, 4.69) is 20.5 Å². The van der Waals surface area contributed by atoms with Crippen LogP contribution in [0.1, 0.15) is 21.6 Å². The fraction of sp³-hybridized carbons (Fsp3) is 0.200. The van der Waals surface area contributed by atoms with E-state index in [1.54, 1.807) is 36.5 Å². The number of anilines is 2. The van der Waals surface area contributed by atoms with Gasteiger partial charge < -0.3 is 10.2 Å². The van der Waals surface area contributed by atoms with Gasteiger partial charge in [0.15, 0.2) is 11.5 Å². The molecule has 0 radical (unpaired) electrons. The number of likely N-dealkylation sites (N-methyl/N-ethyl adjacent to an activating group) is 1. The van der Waals surface area contributed by atoms with Crippen molar-refractivity contribution in [2.45, 2.75) is 13.3 Å². The number of hydrogen-bond acceptors (Lipinski definition) is 5. The molecule has 6 nitrogen and oxygen atoms in total. The first kappa shape index (κ1) is 17.5. The summed E-state index contributed by atoms with van der Waals surface area (Å²) in [6, 6.07) is 15.3. The number of aromatic nitrogens is 3. The molecule has 26 heavy (non-hydrogen) atoms. The van der Waals surface area contributed by atoms with Crippen molar-refractivity contribution in [3.63, 3.8) is 0 Å². The number of hydrogen-bond donors (Lipinski definition) is 1. The summed E-state index contributed by atoms with van der Waals surface area (Å²) in [5, 5.41) is 11.3. The Morgan fingerprint density at radius 1 is 1.00 bits per heavy atom.